The lowest BCUT2D eigenvalue weighted by Gasteiger charge is -2.43. The van der Waals surface area contributed by atoms with Crippen molar-refractivity contribution in [3.8, 4) is 5.69 Å². The van der Waals surface area contributed by atoms with Gasteiger partial charge in [0.25, 0.3) is 5.56 Å². The highest BCUT2D eigenvalue weighted by atomic mass is 35.5. The molecule has 3 aliphatic heterocycles. The zero-order chi connectivity index (χ0) is 34.2. The van der Waals surface area contributed by atoms with Gasteiger partial charge in [0.2, 0.25) is 11.8 Å². The summed E-state index contributed by atoms with van der Waals surface area (Å²) in [5.74, 6) is -2.45. The molecule has 254 valence electrons. The molecule has 0 spiro atoms. The monoisotopic (exact) mass is 685 g/mol. The van der Waals surface area contributed by atoms with Crippen LogP contribution in [0.2, 0.25) is 5.02 Å². The molecule has 1 saturated carbocycles. The van der Waals surface area contributed by atoms with E-state index in [1.807, 2.05) is 17.0 Å². The molecule has 0 bridgehead atoms. The van der Waals surface area contributed by atoms with Crippen molar-refractivity contribution >= 4 is 40.0 Å². The molecular formula is C38H38ClF2N5O3. The SMILES string of the molecule is CC1(C)c2cc([C@H]3CCC[C@H](N4CCN(c5cc(F)c(C6CCC(=O)NC6=O)c(F)c5)CC4)C3)ccc2-n2c1nc(=O)c1c(Cl)cccc12. The van der Waals surface area contributed by atoms with Crippen LogP contribution in [-0.2, 0) is 15.0 Å². The van der Waals surface area contributed by atoms with Gasteiger partial charge in [-0.05, 0) is 86.9 Å². The minimum Gasteiger partial charge on any atom is -0.369 e. The Balaban J connectivity index is 0.973. The number of fused-ring (bicyclic) bond motifs is 5. The molecule has 3 fully saturated rings. The molecule has 4 aliphatic rings. The van der Waals surface area contributed by atoms with Gasteiger partial charge in [0.05, 0.1) is 32.9 Å². The summed E-state index contributed by atoms with van der Waals surface area (Å²) in [5, 5.41) is 3.04. The quantitative estimate of drug-likeness (QED) is 0.253. The van der Waals surface area contributed by atoms with Gasteiger partial charge < -0.3 is 4.90 Å². The maximum Gasteiger partial charge on any atom is 0.282 e. The lowest BCUT2D eigenvalue weighted by molar-refractivity contribution is -0.134. The van der Waals surface area contributed by atoms with E-state index in [-0.39, 0.29) is 24.0 Å². The highest BCUT2D eigenvalue weighted by molar-refractivity contribution is 6.35. The third kappa shape index (κ3) is 5.35. The van der Waals surface area contributed by atoms with Crippen LogP contribution in [0.1, 0.15) is 86.7 Å². The number of benzene rings is 3. The van der Waals surface area contributed by atoms with Gasteiger partial charge in [-0.3, -0.25) is 29.2 Å². The zero-order valence-corrected chi connectivity index (χ0v) is 28.3. The van der Waals surface area contributed by atoms with Crippen molar-refractivity contribution in [2.24, 2.45) is 0 Å². The van der Waals surface area contributed by atoms with Crippen molar-refractivity contribution in [2.75, 3.05) is 31.1 Å². The normalized spacial score (nSPS) is 23.8. The van der Waals surface area contributed by atoms with E-state index >= 15 is 8.78 Å². The minimum absolute atomic E-state index is 0.0622. The Kier molecular flexibility index (Phi) is 7.87. The molecule has 11 heteroatoms. The lowest BCUT2D eigenvalue weighted by atomic mass is 9.78. The summed E-state index contributed by atoms with van der Waals surface area (Å²) >= 11 is 6.45. The number of aromatic nitrogens is 2. The highest BCUT2D eigenvalue weighted by Crippen LogP contribution is 2.46. The van der Waals surface area contributed by atoms with E-state index < -0.39 is 34.8 Å². The molecular weight excluding hydrogens is 648 g/mol. The van der Waals surface area contributed by atoms with Crippen LogP contribution in [-0.4, -0.2) is 58.5 Å². The van der Waals surface area contributed by atoms with Gasteiger partial charge >= 0.3 is 0 Å². The molecule has 3 atom stereocenters. The van der Waals surface area contributed by atoms with Crippen molar-refractivity contribution < 1.29 is 18.4 Å². The highest BCUT2D eigenvalue weighted by Gasteiger charge is 2.40. The van der Waals surface area contributed by atoms with E-state index in [9.17, 15) is 14.4 Å². The number of piperazine rings is 1. The van der Waals surface area contributed by atoms with Gasteiger partial charge in [0.1, 0.15) is 17.5 Å². The summed E-state index contributed by atoms with van der Waals surface area (Å²) in [6.45, 7) is 7.12. The molecule has 2 saturated heterocycles. The first kappa shape index (κ1) is 32.1. The van der Waals surface area contributed by atoms with E-state index in [2.05, 4.69) is 51.8 Å². The van der Waals surface area contributed by atoms with Crippen LogP contribution in [0.15, 0.2) is 53.3 Å². The summed E-state index contributed by atoms with van der Waals surface area (Å²) in [5.41, 5.74) is 3.72. The number of amides is 2. The van der Waals surface area contributed by atoms with Crippen LogP contribution in [0.5, 0.6) is 0 Å². The van der Waals surface area contributed by atoms with E-state index in [1.165, 1.54) is 17.7 Å². The number of carbonyl (C=O) groups excluding carboxylic acids is 2. The van der Waals surface area contributed by atoms with Crippen LogP contribution < -0.4 is 15.8 Å². The summed E-state index contributed by atoms with van der Waals surface area (Å²) in [7, 11) is 0. The Morgan fingerprint density at radius 1 is 0.939 bits per heavy atom. The van der Waals surface area contributed by atoms with Crippen molar-refractivity contribution in [3.05, 3.63) is 98.1 Å². The smallest absolute Gasteiger partial charge is 0.282 e. The number of carbonyl (C=O) groups is 2. The van der Waals surface area contributed by atoms with Crippen molar-refractivity contribution in [1.29, 1.82) is 0 Å². The standard InChI is InChI=1S/C38H38ClF2N5O3/c1-38(2)26-18-22(9-11-30(26)46-31-8-4-7-27(39)34(31)36(49)43-37(38)46)21-5-3-6-23(17-21)44-13-15-45(16-14-44)24-19-28(40)33(29(41)20-24)25-10-12-32(47)42-35(25)48/h4,7-9,11,18-21,23,25H,3,5-6,10,12-17H2,1-2H3,(H,42,47,48)/t21-,23-,25?/m0/s1. The molecule has 0 radical (unpaired) electrons. The van der Waals surface area contributed by atoms with Crippen LogP contribution in [0.3, 0.4) is 0 Å². The Hall–Kier alpha value is -4.15. The number of nitrogens with one attached hydrogen (secondary N) is 1. The number of halogens is 3. The molecule has 2 amide bonds. The minimum atomic E-state index is -1.00. The molecule has 4 heterocycles. The molecule has 1 unspecified atom stereocenters. The van der Waals surface area contributed by atoms with Crippen molar-refractivity contribution in [2.45, 2.75) is 75.7 Å². The maximum atomic E-state index is 15.2. The number of hydrogen-bond acceptors (Lipinski definition) is 6. The second kappa shape index (κ2) is 12.0. The number of imide groups is 1. The Labute approximate surface area is 288 Å². The van der Waals surface area contributed by atoms with E-state index in [0.29, 0.717) is 41.1 Å². The average Bonchev–Trinajstić information content (AvgIpc) is 3.31. The predicted octanol–water partition coefficient (Wildman–Crippen LogP) is 6.33. The molecule has 1 aliphatic carbocycles. The number of anilines is 1. The molecule has 8 nitrogen and oxygen atoms in total. The van der Waals surface area contributed by atoms with Gasteiger partial charge in [-0.25, -0.2) is 8.78 Å². The Morgan fingerprint density at radius 2 is 1.69 bits per heavy atom. The van der Waals surface area contributed by atoms with Gasteiger partial charge in [0, 0.05) is 49.9 Å². The number of nitrogens with zero attached hydrogens (tertiary/aromatic N) is 4. The van der Waals surface area contributed by atoms with Gasteiger partial charge in [0.15, 0.2) is 0 Å². The van der Waals surface area contributed by atoms with E-state index in [0.717, 1.165) is 61.4 Å². The average molecular weight is 686 g/mol. The number of hydrogen-bond donors (Lipinski definition) is 1. The molecule has 8 rings (SSSR count). The maximum absolute atomic E-state index is 15.2. The Morgan fingerprint density at radius 3 is 2.43 bits per heavy atom. The fraction of sp³-hybridized carbons (Fsp3) is 0.421. The summed E-state index contributed by atoms with van der Waals surface area (Å²) in [4.78, 5) is 45.9. The third-order valence-electron chi connectivity index (χ3n) is 11.3. The van der Waals surface area contributed by atoms with Crippen LogP contribution in [0.25, 0.3) is 16.6 Å². The van der Waals surface area contributed by atoms with Gasteiger partial charge in [-0.15, -0.1) is 0 Å². The van der Waals surface area contributed by atoms with Gasteiger partial charge in [-0.2, -0.15) is 4.98 Å². The molecule has 4 aromatic rings. The van der Waals surface area contributed by atoms with Crippen LogP contribution in [0.4, 0.5) is 14.5 Å². The zero-order valence-electron chi connectivity index (χ0n) is 27.6. The second-order valence-corrected chi connectivity index (χ2v) is 14.9. The molecule has 3 aromatic carbocycles. The largest absolute Gasteiger partial charge is 0.369 e. The fourth-order valence-corrected chi connectivity index (χ4v) is 8.96. The first-order valence-corrected chi connectivity index (χ1v) is 17.6. The topological polar surface area (TPSA) is 87.5 Å². The second-order valence-electron chi connectivity index (χ2n) is 14.5. The third-order valence-corrected chi connectivity index (χ3v) is 11.6. The fourth-order valence-electron chi connectivity index (χ4n) is 8.71. The molecule has 49 heavy (non-hydrogen) atoms. The number of rotatable bonds is 4. The van der Waals surface area contributed by atoms with Crippen LogP contribution >= 0.6 is 11.6 Å². The van der Waals surface area contributed by atoms with Crippen molar-refractivity contribution in [1.82, 2.24) is 19.8 Å². The van der Waals surface area contributed by atoms with Crippen molar-refractivity contribution in [3.63, 3.8) is 0 Å². The summed E-state index contributed by atoms with van der Waals surface area (Å²) in [6, 6.07) is 15.3. The Bertz CT molecular complexity index is 2070. The number of piperidine rings is 1. The summed E-state index contributed by atoms with van der Waals surface area (Å²) in [6.07, 6.45) is 4.53. The van der Waals surface area contributed by atoms with Crippen LogP contribution in [0, 0.1) is 11.6 Å². The first-order valence-electron chi connectivity index (χ1n) is 17.2. The first-order chi connectivity index (χ1) is 23.5. The summed E-state index contributed by atoms with van der Waals surface area (Å²) < 4.78 is 32.6. The molecule has 1 aromatic heterocycles. The van der Waals surface area contributed by atoms with E-state index in [4.69, 9.17) is 11.6 Å². The predicted molar refractivity (Wildman–Crippen MR) is 185 cm³/mol. The molecule has 1 N–H and O–H groups in total. The van der Waals surface area contributed by atoms with Gasteiger partial charge in [-0.1, -0.05) is 36.2 Å². The lowest BCUT2D eigenvalue weighted by Crippen LogP contribution is -2.51. The van der Waals surface area contributed by atoms with E-state index in [1.54, 1.807) is 6.07 Å².